The normalized spacial score (nSPS) is 19.8. The topological polar surface area (TPSA) is 147 Å². The number of anilines is 2. The van der Waals surface area contributed by atoms with Crippen LogP contribution in [0.25, 0.3) is 0 Å². The highest BCUT2D eigenvalue weighted by Gasteiger charge is 2.32. The molecule has 0 fully saturated rings. The largest absolute Gasteiger partial charge is 0.488 e. The number of ether oxygens (including phenoxy) is 3. The average molecular weight is 563 g/mol. The van der Waals surface area contributed by atoms with Crippen LogP contribution in [-0.2, 0) is 21.2 Å². The number of sulfonamides is 1. The predicted molar refractivity (Wildman–Crippen MR) is 145 cm³/mol. The molecular weight excluding hydrogens is 528 g/mol. The molecule has 2 aliphatic rings. The van der Waals surface area contributed by atoms with Crippen LogP contribution in [-0.4, -0.2) is 86.6 Å². The van der Waals surface area contributed by atoms with Gasteiger partial charge in [0.25, 0.3) is 0 Å². The Morgan fingerprint density at radius 3 is 2.44 bits per heavy atom. The van der Waals surface area contributed by atoms with Crippen molar-refractivity contribution in [1.82, 2.24) is 9.21 Å². The van der Waals surface area contributed by atoms with Gasteiger partial charge in [-0.15, -0.1) is 0 Å². The van der Waals surface area contributed by atoms with Gasteiger partial charge in [-0.05, 0) is 37.3 Å². The van der Waals surface area contributed by atoms with Crippen molar-refractivity contribution < 1.29 is 37.3 Å². The van der Waals surface area contributed by atoms with E-state index in [1.807, 2.05) is 6.92 Å². The summed E-state index contributed by atoms with van der Waals surface area (Å²) in [5.74, 6) is 1.09. The van der Waals surface area contributed by atoms with Crippen LogP contribution in [0, 0.1) is 5.92 Å². The summed E-state index contributed by atoms with van der Waals surface area (Å²) in [5, 5.41) is 15.3. The minimum Gasteiger partial charge on any atom is -0.488 e. The maximum absolute atomic E-state index is 13.3. The van der Waals surface area contributed by atoms with Crippen molar-refractivity contribution in [2.45, 2.75) is 32.4 Å². The third-order valence-corrected chi connectivity index (χ3v) is 8.09. The average Bonchev–Trinajstić information content (AvgIpc) is 3.35. The fourth-order valence-corrected chi connectivity index (χ4v) is 4.80. The Morgan fingerprint density at radius 1 is 1.13 bits per heavy atom. The lowest BCUT2D eigenvalue weighted by Gasteiger charge is -2.33. The molecule has 0 aromatic heterocycles. The highest BCUT2D eigenvalue weighted by atomic mass is 32.2. The number of urea groups is 1. The van der Waals surface area contributed by atoms with Gasteiger partial charge in [-0.25, -0.2) is 17.5 Å². The monoisotopic (exact) mass is 562 g/mol. The first kappa shape index (κ1) is 28.5. The van der Waals surface area contributed by atoms with Crippen molar-refractivity contribution in [3.8, 4) is 17.2 Å². The molecule has 3 atom stereocenters. The van der Waals surface area contributed by atoms with Crippen LogP contribution in [0.1, 0.15) is 19.4 Å². The molecule has 2 aromatic rings. The maximum atomic E-state index is 13.3. The lowest BCUT2D eigenvalue weighted by Crippen LogP contribution is -2.48. The summed E-state index contributed by atoms with van der Waals surface area (Å²) < 4.78 is 42.3. The van der Waals surface area contributed by atoms with Gasteiger partial charge in [0.1, 0.15) is 11.9 Å². The van der Waals surface area contributed by atoms with Crippen molar-refractivity contribution in [3.05, 3.63) is 42.0 Å². The van der Waals surface area contributed by atoms with Gasteiger partial charge in [-0.3, -0.25) is 4.79 Å². The summed E-state index contributed by atoms with van der Waals surface area (Å²) in [6, 6.07) is 9.07. The second-order valence-electron chi connectivity index (χ2n) is 9.90. The zero-order valence-corrected chi connectivity index (χ0v) is 23.2. The van der Waals surface area contributed by atoms with Crippen LogP contribution in [0.4, 0.5) is 16.2 Å². The summed E-state index contributed by atoms with van der Waals surface area (Å²) in [7, 11) is -1.99. The molecule has 2 aliphatic heterocycles. The molecule has 0 saturated carbocycles. The number of aliphatic hydroxyl groups excluding tert-OH is 1. The van der Waals surface area contributed by atoms with Gasteiger partial charge < -0.3 is 34.9 Å². The van der Waals surface area contributed by atoms with E-state index < -0.39 is 28.2 Å². The second-order valence-corrected chi connectivity index (χ2v) is 12.0. The quantitative estimate of drug-likeness (QED) is 0.465. The molecule has 0 bridgehead atoms. The number of hydrogen-bond acceptors (Lipinski definition) is 8. The molecule has 39 heavy (non-hydrogen) atoms. The van der Waals surface area contributed by atoms with Gasteiger partial charge in [-0.1, -0.05) is 6.92 Å². The van der Waals surface area contributed by atoms with Crippen LogP contribution >= 0.6 is 0 Å². The number of benzene rings is 2. The summed E-state index contributed by atoms with van der Waals surface area (Å²) in [6.07, 6.45) is 0.521. The Bertz CT molecular complexity index is 1340. The summed E-state index contributed by atoms with van der Waals surface area (Å²) >= 11 is 0. The van der Waals surface area contributed by atoms with E-state index in [1.54, 1.807) is 48.2 Å². The number of amides is 3. The number of carbonyl (C=O) groups excluding carboxylic acids is 2. The number of carbonyl (C=O) groups is 2. The number of hydrogen-bond donors (Lipinski definition) is 3. The minimum absolute atomic E-state index is 0.0275. The molecule has 2 heterocycles. The van der Waals surface area contributed by atoms with Crippen molar-refractivity contribution >= 4 is 33.3 Å². The van der Waals surface area contributed by atoms with Crippen molar-refractivity contribution in [2.75, 3.05) is 50.4 Å². The zero-order valence-electron chi connectivity index (χ0n) is 22.3. The van der Waals surface area contributed by atoms with Gasteiger partial charge >= 0.3 is 6.03 Å². The molecule has 0 saturated heterocycles. The lowest BCUT2D eigenvalue weighted by atomic mass is 10.0. The van der Waals surface area contributed by atoms with Crippen LogP contribution in [0.3, 0.4) is 0 Å². The number of nitrogens with zero attached hydrogens (tertiary/aromatic N) is 2. The first-order chi connectivity index (χ1) is 18.4. The van der Waals surface area contributed by atoms with E-state index in [9.17, 15) is 23.1 Å². The number of nitrogens with one attached hydrogen (secondary N) is 2. The lowest BCUT2D eigenvalue weighted by molar-refractivity contribution is -0.134. The Labute approximate surface area is 227 Å². The number of likely N-dealkylation sites (N-methyl/N-ethyl adjacent to an activating group) is 1. The molecule has 0 radical (unpaired) electrons. The molecule has 0 aliphatic carbocycles. The Hall–Kier alpha value is -3.55. The smallest absolute Gasteiger partial charge is 0.323 e. The molecule has 2 aromatic carbocycles. The first-order valence-corrected chi connectivity index (χ1v) is 14.4. The molecule has 13 heteroatoms. The minimum atomic E-state index is -3.46. The van der Waals surface area contributed by atoms with E-state index in [4.69, 9.17) is 14.2 Å². The maximum Gasteiger partial charge on any atom is 0.323 e. The van der Waals surface area contributed by atoms with Gasteiger partial charge in [-0.2, -0.15) is 0 Å². The van der Waals surface area contributed by atoms with E-state index in [-0.39, 0.29) is 44.7 Å². The second kappa shape index (κ2) is 11.7. The fraction of sp³-hybridized carbons (Fsp3) is 0.462. The fourth-order valence-electron chi connectivity index (χ4n) is 4.38. The van der Waals surface area contributed by atoms with Gasteiger partial charge in [0.2, 0.25) is 22.7 Å². The highest BCUT2D eigenvalue weighted by Crippen LogP contribution is 2.34. The molecule has 4 rings (SSSR count). The van der Waals surface area contributed by atoms with Crippen LogP contribution in [0.2, 0.25) is 0 Å². The molecule has 3 N–H and O–H groups in total. The van der Waals surface area contributed by atoms with Crippen molar-refractivity contribution in [3.63, 3.8) is 0 Å². The predicted octanol–water partition coefficient (Wildman–Crippen LogP) is 2.10. The van der Waals surface area contributed by atoms with Crippen molar-refractivity contribution in [2.24, 2.45) is 5.92 Å². The number of aliphatic hydroxyl groups is 1. The third-order valence-electron chi connectivity index (χ3n) is 6.81. The van der Waals surface area contributed by atoms with E-state index in [2.05, 4.69) is 10.6 Å². The molecule has 212 valence electrons. The van der Waals surface area contributed by atoms with Crippen molar-refractivity contribution in [1.29, 1.82) is 0 Å². The summed E-state index contributed by atoms with van der Waals surface area (Å²) in [4.78, 5) is 27.6. The van der Waals surface area contributed by atoms with Crippen LogP contribution in [0.5, 0.6) is 17.2 Å². The molecule has 3 amide bonds. The standard InChI is InChI=1S/C26H34N4O8S/c1-16-12-30(17(2)14-31)25(32)10-18-9-19(5-7-21(18)38-24(16)13-29(3)39(4,34)35)27-26(33)28-20-6-8-22-23(11-20)37-15-36-22/h5-9,11,16-17,24,31H,10,12-15H2,1-4H3,(H2,27,28,33)/t16-,17+,24+/m0/s1. The Kier molecular flexibility index (Phi) is 8.52. The first-order valence-electron chi connectivity index (χ1n) is 12.5. The zero-order chi connectivity index (χ0) is 28.3. The van der Waals surface area contributed by atoms with Crippen LogP contribution in [0.15, 0.2) is 36.4 Å². The summed E-state index contributed by atoms with van der Waals surface area (Å²) in [5.41, 5.74) is 1.47. The highest BCUT2D eigenvalue weighted by molar-refractivity contribution is 7.88. The number of fused-ring (bicyclic) bond motifs is 2. The molecule has 12 nitrogen and oxygen atoms in total. The molecule has 0 unspecified atom stereocenters. The Balaban J connectivity index is 1.57. The number of rotatable bonds is 7. The van der Waals surface area contributed by atoms with E-state index >= 15 is 0 Å². The molecular formula is C26H34N4O8S. The van der Waals surface area contributed by atoms with Gasteiger partial charge in [0.15, 0.2) is 11.5 Å². The SMILES string of the molecule is C[C@H](CO)N1C[C@H](C)[C@@H](CN(C)S(C)(=O)=O)Oc2ccc(NC(=O)Nc3ccc4c(c3)OCO4)cc2CC1=O. The van der Waals surface area contributed by atoms with Gasteiger partial charge in [0.05, 0.1) is 31.9 Å². The van der Waals surface area contributed by atoms with Gasteiger partial charge in [0, 0.05) is 42.5 Å². The van der Waals surface area contributed by atoms with E-state index in [0.29, 0.717) is 34.2 Å². The third kappa shape index (κ3) is 6.91. The van der Waals surface area contributed by atoms with Crippen LogP contribution < -0.4 is 24.8 Å². The van der Waals surface area contributed by atoms with E-state index in [1.165, 1.54) is 11.4 Å². The van der Waals surface area contributed by atoms with E-state index in [0.717, 1.165) is 6.26 Å². The summed E-state index contributed by atoms with van der Waals surface area (Å²) in [6.45, 7) is 3.89. The molecule has 0 spiro atoms. The Morgan fingerprint density at radius 2 is 1.77 bits per heavy atom.